The lowest BCUT2D eigenvalue weighted by atomic mass is 10.0. The van der Waals surface area contributed by atoms with Crippen molar-refractivity contribution in [3.8, 4) is 0 Å². The molecule has 1 heteroatoms. The number of allylic oxidation sites excluding steroid dienone is 2. The normalized spacial score (nSPS) is 19.9. The van der Waals surface area contributed by atoms with E-state index >= 15 is 0 Å². The van der Waals surface area contributed by atoms with Crippen molar-refractivity contribution in [1.29, 1.82) is 0 Å². The Morgan fingerprint density at radius 2 is 1.85 bits per heavy atom. The van der Waals surface area contributed by atoms with Crippen LogP contribution in [0.2, 0.25) is 0 Å². The van der Waals surface area contributed by atoms with Gasteiger partial charge < -0.3 is 5.32 Å². The first-order valence-electron chi connectivity index (χ1n) is 4.52. The van der Waals surface area contributed by atoms with Crippen LogP contribution in [0.5, 0.6) is 0 Å². The van der Waals surface area contributed by atoms with E-state index in [0.717, 1.165) is 0 Å². The predicted octanol–water partition coefficient (Wildman–Crippen LogP) is 2.71. The fourth-order valence-corrected chi connectivity index (χ4v) is 1.43. The van der Waals surface area contributed by atoms with Crippen LogP contribution < -0.4 is 5.32 Å². The largest absolute Gasteiger partial charge is 0.381 e. The van der Waals surface area contributed by atoms with Crippen molar-refractivity contribution in [2.75, 3.05) is 0 Å². The van der Waals surface area contributed by atoms with Gasteiger partial charge in [-0.05, 0) is 24.8 Å². The second-order valence-corrected chi connectivity index (χ2v) is 3.30. The molecule has 0 spiro atoms. The number of hydrogen-bond acceptors (Lipinski definition) is 1. The van der Waals surface area contributed by atoms with Crippen LogP contribution >= 0.6 is 0 Å². The predicted molar refractivity (Wildman–Crippen MR) is 55.3 cm³/mol. The molecule has 0 saturated carbocycles. The highest BCUT2D eigenvalue weighted by molar-refractivity contribution is 5.29. The number of hydrogen-bond donors (Lipinski definition) is 1. The lowest BCUT2D eigenvalue weighted by Gasteiger charge is -2.15. The molecular formula is C12H13N. The molecule has 0 saturated heterocycles. The molecule has 1 aliphatic rings. The summed E-state index contributed by atoms with van der Waals surface area (Å²) in [7, 11) is 0. The summed E-state index contributed by atoms with van der Waals surface area (Å²) in [4.78, 5) is 0. The van der Waals surface area contributed by atoms with E-state index in [2.05, 4.69) is 48.7 Å². The van der Waals surface area contributed by atoms with Gasteiger partial charge in [0.25, 0.3) is 0 Å². The van der Waals surface area contributed by atoms with E-state index in [0.29, 0.717) is 6.04 Å². The number of rotatable bonds is 1. The maximum Gasteiger partial charge on any atom is 0.0695 e. The molecular weight excluding hydrogens is 158 g/mol. The lowest BCUT2D eigenvalue weighted by Crippen LogP contribution is -2.14. The Kier molecular flexibility index (Phi) is 2.17. The first kappa shape index (κ1) is 8.11. The molecule has 1 unspecified atom stereocenters. The van der Waals surface area contributed by atoms with Gasteiger partial charge in [0.05, 0.1) is 6.04 Å². The summed E-state index contributed by atoms with van der Waals surface area (Å²) < 4.78 is 0. The van der Waals surface area contributed by atoms with Crippen LogP contribution in [0.3, 0.4) is 0 Å². The molecule has 1 nitrogen and oxygen atoms in total. The molecule has 66 valence electrons. The molecule has 1 aliphatic heterocycles. The van der Waals surface area contributed by atoms with Gasteiger partial charge >= 0.3 is 0 Å². The third kappa shape index (κ3) is 1.81. The van der Waals surface area contributed by atoms with Gasteiger partial charge in [-0.2, -0.15) is 0 Å². The minimum atomic E-state index is 0.339. The van der Waals surface area contributed by atoms with E-state index in [-0.39, 0.29) is 0 Å². The third-order valence-corrected chi connectivity index (χ3v) is 2.22. The van der Waals surface area contributed by atoms with Crippen molar-refractivity contribution in [2.45, 2.75) is 13.0 Å². The maximum atomic E-state index is 3.29. The molecule has 1 aromatic rings. The minimum Gasteiger partial charge on any atom is -0.381 e. The summed E-state index contributed by atoms with van der Waals surface area (Å²) in [6.07, 6.45) is 8.21. The highest BCUT2D eigenvalue weighted by atomic mass is 14.9. The summed E-state index contributed by atoms with van der Waals surface area (Å²) in [5.41, 5.74) is 2.62. The second-order valence-electron chi connectivity index (χ2n) is 3.30. The highest BCUT2D eigenvalue weighted by Gasteiger charge is 2.05. The van der Waals surface area contributed by atoms with Crippen LogP contribution in [-0.2, 0) is 0 Å². The molecule has 0 amide bonds. The Labute approximate surface area is 78.8 Å². The van der Waals surface area contributed by atoms with E-state index in [1.807, 2.05) is 12.3 Å². The Balaban J connectivity index is 2.21. The first-order chi connectivity index (χ1) is 6.36. The van der Waals surface area contributed by atoms with Crippen molar-refractivity contribution in [3.05, 3.63) is 59.8 Å². The van der Waals surface area contributed by atoms with E-state index in [9.17, 15) is 0 Å². The van der Waals surface area contributed by atoms with Gasteiger partial charge in [-0.3, -0.25) is 0 Å². The van der Waals surface area contributed by atoms with Crippen LogP contribution in [0, 0.1) is 6.92 Å². The quantitative estimate of drug-likeness (QED) is 0.685. The molecule has 0 aromatic heterocycles. The van der Waals surface area contributed by atoms with E-state index in [1.54, 1.807) is 0 Å². The fourth-order valence-electron chi connectivity index (χ4n) is 1.43. The van der Waals surface area contributed by atoms with Gasteiger partial charge in [0.15, 0.2) is 0 Å². The van der Waals surface area contributed by atoms with Crippen molar-refractivity contribution >= 4 is 0 Å². The standard InChI is InChI=1S/C12H13N/c1-10-5-7-11(8-6-10)12-4-2-3-9-13-12/h2-9,12-13H,1H3. The summed E-state index contributed by atoms with van der Waals surface area (Å²) in [6, 6.07) is 8.95. The summed E-state index contributed by atoms with van der Waals surface area (Å²) in [6.45, 7) is 2.10. The van der Waals surface area contributed by atoms with Crippen LogP contribution in [0.25, 0.3) is 0 Å². The zero-order chi connectivity index (χ0) is 9.10. The topological polar surface area (TPSA) is 12.0 Å². The molecule has 1 heterocycles. The Morgan fingerprint density at radius 1 is 1.08 bits per heavy atom. The number of dihydropyridines is 1. The summed E-state index contributed by atoms with van der Waals surface area (Å²) in [5.74, 6) is 0. The SMILES string of the molecule is Cc1ccc(C2C=CC=CN2)cc1. The van der Waals surface area contributed by atoms with E-state index in [1.165, 1.54) is 11.1 Å². The zero-order valence-electron chi connectivity index (χ0n) is 7.70. The van der Waals surface area contributed by atoms with Gasteiger partial charge in [-0.15, -0.1) is 0 Å². The molecule has 0 radical (unpaired) electrons. The molecule has 13 heavy (non-hydrogen) atoms. The van der Waals surface area contributed by atoms with Crippen molar-refractivity contribution in [3.63, 3.8) is 0 Å². The molecule has 0 bridgehead atoms. The second kappa shape index (κ2) is 3.48. The molecule has 2 rings (SSSR count). The lowest BCUT2D eigenvalue weighted by molar-refractivity contribution is 0.746. The minimum absolute atomic E-state index is 0.339. The Bertz CT molecular complexity index is 333. The van der Waals surface area contributed by atoms with Crippen molar-refractivity contribution in [2.24, 2.45) is 0 Å². The number of nitrogens with one attached hydrogen (secondary N) is 1. The smallest absolute Gasteiger partial charge is 0.0695 e. The van der Waals surface area contributed by atoms with Gasteiger partial charge in [0.2, 0.25) is 0 Å². The monoisotopic (exact) mass is 171 g/mol. The fraction of sp³-hybridized carbons (Fsp3) is 0.167. The van der Waals surface area contributed by atoms with E-state index in [4.69, 9.17) is 0 Å². The Hall–Kier alpha value is -1.50. The Morgan fingerprint density at radius 3 is 2.46 bits per heavy atom. The van der Waals surface area contributed by atoms with Crippen LogP contribution in [0.4, 0.5) is 0 Å². The first-order valence-corrected chi connectivity index (χ1v) is 4.52. The number of benzene rings is 1. The third-order valence-electron chi connectivity index (χ3n) is 2.22. The summed E-state index contributed by atoms with van der Waals surface area (Å²) >= 11 is 0. The molecule has 0 aliphatic carbocycles. The molecule has 1 atom stereocenters. The zero-order valence-corrected chi connectivity index (χ0v) is 7.70. The highest BCUT2D eigenvalue weighted by Crippen LogP contribution is 2.16. The average Bonchev–Trinajstić information content (AvgIpc) is 2.20. The van der Waals surface area contributed by atoms with Crippen LogP contribution in [-0.4, -0.2) is 0 Å². The van der Waals surface area contributed by atoms with Crippen LogP contribution in [0.15, 0.2) is 48.7 Å². The molecule has 1 aromatic carbocycles. The maximum absolute atomic E-state index is 3.29. The summed E-state index contributed by atoms with van der Waals surface area (Å²) in [5, 5.41) is 3.29. The van der Waals surface area contributed by atoms with E-state index < -0.39 is 0 Å². The average molecular weight is 171 g/mol. The molecule has 0 fully saturated rings. The molecule has 1 N–H and O–H groups in total. The number of aryl methyl sites for hydroxylation is 1. The van der Waals surface area contributed by atoms with Gasteiger partial charge in [-0.25, -0.2) is 0 Å². The van der Waals surface area contributed by atoms with Crippen molar-refractivity contribution < 1.29 is 0 Å². The van der Waals surface area contributed by atoms with Gasteiger partial charge in [-0.1, -0.05) is 42.0 Å². The van der Waals surface area contributed by atoms with Crippen molar-refractivity contribution in [1.82, 2.24) is 5.32 Å². The van der Waals surface area contributed by atoms with Gasteiger partial charge in [0.1, 0.15) is 0 Å². The van der Waals surface area contributed by atoms with Crippen LogP contribution in [0.1, 0.15) is 17.2 Å². The van der Waals surface area contributed by atoms with Gasteiger partial charge in [0, 0.05) is 0 Å².